The molecule has 5 heteroatoms. The number of methoxy groups -OCH3 is 1. The van der Waals surface area contributed by atoms with Crippen molar-refractivity contribution in [2.75, 3.05) is 33.9 Å². The normalized spacial score (nSPS) is 28.9. The van der Waals surface area contributed by atoms with E-state index in [1.54, 1.807) is 7.11 Å². The fourth-order valence-corrected chi connectivity index (χ4v) is 5.25. The van der Waals surface area contributed by atoms with Crippen LogP contribution in [-0.4, -0.2) is 50.3 Å². The molecular weight excluding hydrogens is 382 g/mol. The first-order valence-corrected chi connectivity index (χ1v) is 10.1. The van der Waals surface area contributed by atoms with Crippen molar-refractivity contribution in [3.8, 4) is 5.75 Å². The molecule has 0 spiro atoms. The molecule has 2 heterocycles. The van der Waals surface area contributed by atoms with E-state index in [0.717, 1.165) is 15.8 Å². The molecule has 138 valence electrons. The summed E-state index contributed by atoms with van der Waals surface area (Å²) >= 11 is 3.46. The summed E-state index contributed by atoms with van der Waals surface area (Å²) in [7, 11) is 4.03. The van der Waals surface area contributed by atoms with Crippen LogP contribution in [0.25, 0.3) is 0 Å². The quantitative estimate of drug-likeness (QED) is 0.544. The molecule has 2 aliphatic rings. The van der Waals surface area contributed by atoms with Crippen LogP contribution >= 0.6 is 15.9 Å². The molecule has 2 aliphatic heterocycles. The van der Waals surface area contributed by atoms with Gasteiger partial charge in [-0.15, -0.1) is 0 Å². The highest BCUT2D eigenvalue weighted by atomic mass is 79.9. The van der Waals surface area contributed by atoms with Gasteiger partial charge in [0.1, 0.15) is 5.75 Å². The Morgan fingerprint density at radius 1 is 1.24 bits per heavy atom. The number of piperidine rings is 2. The lowest BCUT2D eigenvalue weighted by atomic mass is 9.82. The minimum Gasteiger partial charge on any atom is -0.496 e. The SMILES string of the molecule is COc1ccc(CC(=O)OC[C@H]2CCC[N+]3(C)CCCC[C@H]23)cc1Br. The molecule has 0 N–H and O–H groups in total. The third-order valence-electron chi connectivity index (χ3n) is 6.03. The third kappa shape index (κ3) is 4.37. The summed E-state index contributed by atoms with van der Waals surface area (Å²) in [5, 5.41) is 0. The molecule has 0 amide bonds. The lowest BCUT2D eigenvalue weighted by Crippen LogP contribution is -2.61. The Balaban J connectivity index is 1.54. The Bertz CT molecular complexity index is 617. The van der Waals surface area contributed by atoms with Gasteiger partial charge in [-0.3, -0.25) is 4.79 Å². The Morgan fingerprint density at radius 2 is 2.04 bits per heavy atom. The number of fused-ring (bicyclic) bond motifs is 1. The summed E-state index contributed by atoms with van der Waals surface area (Å²) < 4.78 is 13.0. The van der Waals surface area contributed by atoms with E-state index in [0.29, 0.717) is 25.0 Å². The first-order chi connectivity index (χ1) is 12.0. The lowest BCUT2D eigenvalue weighted by molar-refractivity contribution is -0.947. The van der Waals surface area contributed by atoms with Crippen molar-refractivity contribution >= 4 is 21.9 Å². The molecule has 0 aromatic heterocycles. The molecule has 0 aliphatic carbocycles. The van der Waals surface area contributed by atoms with Gasteiger partial charge in [-0.1, -0.05) is 6.07 Å². The molecule has 1 aromatic carbocycles. The maximum absolute atomic E-state index is 12.3. The second-order valence-corrected chi connectivity index (χ2v) is 8.58. The molecule has 3 atom stereocenters. The number of carbonyl (C=O) groups excluding carboxylic acids is 1. The van der Waals surface area contributed by atoms with Crippen LogP contribution < -0.4 is 4.74 Å². The number of rotatable bonds is 5. The molecular formula is C20H29BrNO3+. The highest BCUT2D eigenvalue weighted by molar-refractivity contribution is 9.10. The highest BCUT2D eigenvalue weighted by Crippen LogP contribution is 2.36. The summed E-state index contributed by atoms with van der Waals surface area (Å²) in [5.74, 6) is 1.16. The number of carbonyl (C=O) groups is 1. The molecule has 0 bridgehead atoms. The second-order valence-electron chi connectivity index (χ2n) is 7.72. The number of nitrogens with zero attached hydrogens (tertiary/aromatic N) is 1. The smallest absolute Gasteiger partial charge is 0.310 e. The average Bonchev–Trinajstić information content (AvgIpc) is 2.59. The fourth-order valence-electron chi connectivity index (χ4n) is 4.67. The Labute approximate surface area is 159 Å². The van der Waals surface area contributed by atoms with Gasteiger partial charge < -0.3 is 14.0 Å². The summed E-state index contributed by atoms with van der Waals surface area (Å²) in [4.78, 5) is 12.3. The van der Waals surface area contributed by atoms with Crippen molar-refractivity contribution in [2.45, 2.75) is 44.6 Å². The van der Waals surface area contributed by atoms with Crippen molar-refractivity contribution in [3.63, 3.8) is 0 Å². The van der Waals surface area contributed by atoms with E-state index in [4.69, 9.17) is 9.47 Å². The maximum Gasteiger partial charge on any atom is 0.310 e. The number of ether oxygens (including phenoxy) is 2. The van der Waals surface area contributed by atoms with E-state index < -0.39 is 0 Å². The largest absolute Gasteiger partial charge is 0.496 e. The molecule has 0 saturated carbocycles. The molecule has 3 rings (SSSR count). The van der Waals surface area contributed by atoms with Crippen LogP contribution in [0.3, 0.4) is 0 Å². The van der Waals surface area contributed by atoms with Crippen molar-refractivity contribution in [2.24, 2.45) is 5.92 Å². The Hall–Kier alpha value is -1.07. The number of benzene rings is 1. The number of halogens is 1. The van der Waals surface area contributed by atoms with Gasteiger partial charge in [-0.05, 0) is 59.3 Å². The highest BCUT2D eigenvalue weighted by Gasteiger charge is 2.43. The fraction of sp³-hybridized carbons (Fsp3) is 0.650. The van der Waals surface area contributed by atoms with Gasteiger partial charge >= 0.3 is 5.97 Å². The number of esters is 1. The van der Waals surface area contributed by atoms with Crippen LogP contribution in [0.5, 0.6) is 5.75 Å². The molecule has 1 unspecified atom stereocenters. The second kappa shape index (κ2) is 8.09. The third-order valence-corrected chi connectivity index (χ3v) is 6.65. The summed E-state index contributed by atoms with van der Waals surface area (Å²) in [6.45, 7) is 3.15. The van der Waals surface area contributed by atoms with Gasteiger partial charge in [0, 0.05) is 12.3 Å². The maximum atomic E-state index is 12.3. The van der Waals surface area contributed by atoms with Gasteiger partial charge in [0.05, 0.1) is 50.8 Å². The van der Waals surface area contributed by atoms with E-state index in [-0.39, 0.29) is 5.97 Å². The van der Waals surface area contributed by atoms with Crippen molar-refractivity contribution in [1.29, 1.82) is 0 Å². The van der Waals surface area contributed by atoms with Gasteiger partial charge in [-0.25, -0.2) is 0 Å². The van der Waals surface area contributed by atoms with Crippen molar-refractivity contribution < 1.29 is 18.8 Å². The predicted molar refractivity (Wildman–Crippen MR) is 102 cm³/mol. The van der Waals surface area contributed by atoms with Crippen molar-refractivity contribution in [3.05, 3.63) is 28.2 Å². The molecule has 2 fully saturated rings. The number of hydrogen-bond acceptors (Lipinski definition) is 3. The number of hydrogen-bond donors (Lipinski definition) is 0. The van der Waals surface area contributed by atoms with E-state index in [1.165, 1.54) is 49.7 Å². The molecule has 1 aromatic rings. The van der Waals surface area contributed by atoms with E-state index in [2.05, 4.69) is 23.0 Å². The van der Waals surface area contributed by atoms with Gasteiger partial charge in [-0.2, -0.15) is 0 Å². The molecule has 4 nitrogen and oxygen atoms in total. The van der Waals surface area contributed by atoms with Crippen LogP contribution in [0.15, 0.2) is 22.7 Å². The van der Waals surface area contributed by atoms with Crippen LogP contribution in [-0.2, 0) is 16.0 Å². The minimum atomic E-state index is -0.132. The summed E-state index contributed by atoms with van der Waals surface area (Å²) in [6.07, 6.45) is 6.70. The van der Waals surface area contributed by atoms with Crippen LogP contribution in [0.4, 0.5) is 0 Å². The standard InChI is InChI=1S/C20H29BrNO3/c1-22-10-4-3-7-18(22)16(6-5-11-22)14-25-20(23)13-15-8-9-19(24-2)17(21)12-15/h8-9,12,16,18H,3-7,10-11,13-14H2,1-2H3/q+1/t16-,18-,22?/m1/s1. The van der Waals surface area contributed by atoms with Gasteiger partial charge in [0.25, 0.3) is 0 Å². The molecule has 2 saturated heterocycles. The van der Waals surface area contributed by atoms with Crippen molar-refractivity contribution in [1.82, 2.24) is 0 Å². The first-order valence-electron chi connectivity index (χ1n) is 9.34. The van der Waals surface area contributed by atoms with E-state index in [9.17, 15) is 4.79 Å². The zero-order valence-corrected chi connectivity index (χ0v) is 16.9. The first kappa shape index (κ1) is 18.7. The molecule has 0 radical (unpaired) electrons. The summed E-state index contributed by atoms with van der Waals surface area (Å²) in [5.41, 5.74) is 0.944. The van der Waals surface area contributed by atoms with Crippen LogP contribution in [0.2, 0.25) is 0 Å². The van der Waals surface area contributed by atoms with E-state index in [1.807, 2.05) is 18.2 Å². The average molecular weight is 411 g/mol. The summed E-state index contributed by atoms with van der Waals surface area (Å²) in [6, 6.07) is 6.39. The zero-order valence-electron chi connectivity index (χ0n) is 15.3. The van der Waals surface area contributed by atoms with Crippen LogP contribution in [0, 0.1) is 5.92 Å². The van der Waals surface area contributed by atoms with Gasteiger partial charge in [0.15, 0.2) is 0 Å². The predicted octanol–water partition coefficient (Wildman–Crippen LogP) is 3.95. The lowest BCUT2D eigenvalue weighted by Gasteiger charge is -2.51. The Kier molecular flexibility index (Phi) is 6.05. The van der Waals surface area contributed by atoms with Gasteiger partial charge in [0.2, 0.25) is 0 Å². The number of quaternary nitrogens is 1. The minimum absolute atomic E-state index is 0.132. The van der Waals surface area contributed by atoms with Crippen LogP contribution in [0.1, 0.15) is 37.7 Å². The monoisotopic (exact) mass is 410 g/mol. The Morgan fingerprint density at radius 3 is 2.80 bits per heavy atom. The zero-order chi connectivity index (χ0) is 17.9. The molecule has 25 heavy (non-hydrogen) atoms. The van der Waals surface area contributed by atoms with E-state index >= 15 is 0 Å². The topological polar surface area (TPSA) is 35.5 Å².